The van der Waals surface area contributed by atoms with Crippen LogP contribution in [0.4, 0.5) is 11.4 Å². The Morgan fingerprint density at radius 2 is 1.67 bits per heavy atom. The van der Waals surface area contributed by atoms with Gasteiger partial charge in [-0.15, -0.1) is 0 Å². The number of benzene rings is 3. The van der Waals surface area contributed by atoms with Crippen LogP contribution < -0.4 is 20.9 Å². The van der Waals surface area contributed by atoms with Crippen molar-refractivity contribution >= 4 is 28.9 Å². The minimum Gasteiger partial charge on any atom is -0.484 e. The average Bonchev–Trinajstić information content (AvgIpc) is 2.81. The van der Waals surface area contributed by atoms with E-state index < -0.39 is 10.8 Å². The molecule has 0 bridgehead atoms. The highest BCUT2D eigenvalue weighted by Crippen LogP contribution is 2.18. The molecule has 0 aliphatic heterocycles. The van der Waals surface area contributed by atoms with Crippen LogP contribution in [0.5, 0.6) is 5.75 Å². The number of ether oxygens (including phenoxy) is 1. The predicted octanol–water partition coefficient (Wildman–Crippen LogP) is 3.83. The second kappa shape index (κ2) is 10.6. The monoisotopic (exact) mass is 446 g/mol. The summed E-state index contributed by atoms with van der Waals surface area (Å²) in [6.07, 6.45) is 0. The Bertz CT molecular complexity index is 1190. The van der Waals surface area contributed by atoms with E-state index in [-0.39, 0.29) is 18.2 Å². The van der Waals surface area contributed by atoms with Crippen LogP contribution in [0.2, 0.25) is 0 Å². The number of nitrogens with one attached hydrogen (secondary N) is 3. The second-order valence-corrected chi connectivity index (χ2v) is 7.10. The van der Waals surface area contributed by atoms with E-state index in [4.69, 9.17) is 4.74 Å². The summed E-state index contributed by atoms with van der Waals surface area (Å²) < 4.78 is 5.30. The van der Waals surface area contributed by atoms with Crippen LogP contribution in [0.15, 0.2) is 79.4 Å². The van der Waals surface area contributed by atoms with Crippen molar-refractivity contribution in [2.24, 2.45) is 0 Å². The highest BCUT2D eigenvalue weighted by molar-refractivity contribution is 6.04. The van der Waals surface area contributed by atoms with Crippen molar-refractivity contribution in [1.29, 1.82) is 0 Å². The number of hydrazine groups is 1. The molecular weight excluding hydrogens is 424 g/mol. The van der Waals surface area contributed by atoms with Crippen molar-refractivity contribution in [1.82, 2.24) is 10.9 Å². The topological polar surface area (TPSA) is 123 Å². The number of carbonyl (C=O) groups excluding carboxylic acids is 2. The molecule has 0 heterocycles. The molecule has 0 unspecified atom stereocenters. The minimum atomic E-state index is -0.519. The Morgan fingerprint density at radius 1 is 0.970 bits per heavy atom. The number of aryl methyl sites for hydroxylation is 1. The van der Waals surface area contributed by atoms with Gasteiger partial charge in [-0.25, -0.2) is 0 Å². The van der Waals surface area contributed by atoms with Gasteiger partial charge < -0.3 is 10.1 Å². The Kier molecular flexibility index (Phi) is 7.38. The van der Waals surface area contributed by atoms with E-state index in [0.29, 0.717) is 28.3 Å². The number of nitrogens with zero attached hydrogens (tertiary/aromatic N) is 1. The second-order valence-electron chi connectivity index (χ2n) is 7.10. The predicted molar refractivity (Wildman–Crippen MR) is 124 cm³/mol. The van der Waals surface area contributed by atoms with E-state index in [2.05, 4.69) is 22.7 Å². The number of hydrogen-bond acceptors (Lipinski definition) is 6. The van der Waals surface area contributed by atoms with Crippen molar-refractivity contribution in [3.05, 3.63) is 106 Å². The van der Waals surface area contributed by atoms with Crippen LogP contribution in [-0.2, 0) is 4.79 Å². The molecule has 33 heavy (non-hydrogen) atoms. The summed E-state index contributed by atoms with van der Waals surface area (Å²) >= 11 is 0. The molecule has 9 heteroatoms. The zero-order valence-corrected chi connectivity index (χ0v) is 17.8. The molecule has 2 amide bonds. The number of carbonyl (C=O) groups is 2. The van der Waals surface area contributed by atoms with Gasteiger partial charge in [-0.3, -0.25) is 30.6 Å². The number of rotatable bonds is 9. The summed E-state index contributed by atoms with van der Waals surface area (Å²) in [5, 5.41) is 13.5. The molecule has 3 aromatic carbocycles. The minimum absolute atomic E-state index is 0.0675. The van der Waals surface area contributed by atoms with E-state index in [9.17, 15) is 19.7 Å². The molecule has 0 aliphatic carbocycles. The first kappa shape index (κ1) is 23.0. The molecule has 0 aliphatic rings. The molecule has 9 nitrogen and oxygen atoms in total. The smallest absolute Gasteiger partial charge is 0.276 e. The van der Waals surface area contributed by atoms with E-state index in [1.54, 1.807) is 36.4 Å². The van der Waals surface area contributed by atoms with Gasteiger partial charge in [0, 0.05) is 28.9 Å². The van der Waals surface area contributed by atoms with Gasteiger partial charge in [0.15, 0.2) is 6.61 Å². The largest absolute Gasteiger partial charge is 0.484 e. The van der Waals surface area contributed by atoms with Crippen LogP contribution in [-0.4, -0.2) is 23.3 Å². The van der Waals surface area contributed by atoms with Gasteiger partial charge in [-0.05, 0) is 43.3 Å². The lowest BCUT2D eigenvalue weighted by atomic mass is 10.1. The summed E-state index contributed by atoms with van der Waals surface area (Å²) in [6.45, 7) is 5.50. The summed E-state index contributed by atoms with van der Waals surface area (Å²) in [5.41, 5.74) is 8.29. The van der Waals surface area contributed by atoms with Gasteiger partial charge >= 0.3 is 0 Å². The standard InChI is InChI=1S/C24H22N4O5/c1-16-5-3-7-19(13-16)24(30)25-20-8-4-6-18(14-20)17(2)26-27-23(29)15-33-22-11-9-21(10-12-22)28(31)32/h3-14,26H,2,15H2,1H3,(H,25,30)(H,27,29). The fourth-order valence-electron chi connectivity index (χ4n) is 2.84. The fourth-order valence-corrected chi connectivity index (χ4v) is 2.84. The van der Waals surface area contributed by atoms with E-state index in [1.165, 1.54) is 24.3 Å². The van der Waals surface area contributed by atoms with Crippen molar-refractivity contribution in [2.75, 3.05) is 11.9 Å². The van der Waals surface area contributed by atoms with Crippen molar-refractivity contribution in [2.45, 2.75) is 6.92 Å². The molecule has 0 radical (unpaired) electrons. The first-order chi connectivity index (χ1) is 15.8. The zero-order valence-electron chi connectivity index (χ0n) is 17.8. The first-order valence-corrected chi connectivity index (χ1v) is 9.91. The maximum atomic E-state index is 12.4. The van der Waals surface area contributed by atoms with Gasteiger partial charge in [0.2, 0.25) is 0 Å². The van der Waals surface area contributed by atoms with Crippen molar-refractivity contribution in [3.8, 4) is 5.75 Å². The molecule has 3 N–H and O–H groups in total. The Labute approximate surface area is 190 Å². The SMILES string of the molecule is C=C(NNC(=O)COc1ccc([N+](=O)[O-])cc1)c1cccc(NC(=O)c2cccc(C)c2)c1. The summed E-state index contributed by atoms with van der Waals surface area (Å²) in [6, 6.07) is 19.7. The average molecular weight is 446 g/mol. The summed E-state index contributed by atoms with van der Waals surface area (Å²) in [5.74, 6) is -0.379. The Morgan fingerprint density at radius 3 is 2.36 bits per heavy atom. The van der Waals surface area contributed by atoms with Crippen molar-refractivity contribution in [3.63, 3.8) is 0 Å². The molecule has 0 saturated heterocycles. The summed E-state index contributed by atoms with van der Waals surface area (Å²) in [4.78, 5) is 34.6. The quantitative estimate of drug-likeness (QED) is 0.339. The van der Waals surface area contributed by atoms with Gasteiger partial charge in [-0.1, -0.05) is 36.4 Å². The Balaban J connectivity index is 1.50. The third kappa shape index (κ3) is 6.66. The third-order valence-electron chi connectivity index (χ3n) is 4.52. The molecule has 3 rings (SSSR count). The molecule has 0 fully saturated rings. The molecule has 168 valence electrons. The highest BCUT2D eigenvalue weighted by Gasteiger charge is 2.09. The lowest BCUT2D eigenvalue weighted by molar-refractivity contribution is -0.384. The highest BCUT2D eigenvalue weighted by atomic mass is 16.6. The molecule has 0 aromatic heterocycles. The number of nitro benzene ring substituents is 1. The van der Waals surface area contributed by atoms with E-state index >= 15 is 0 Å². The van der Waals surface area contributed by atoms with Gasteiger partial charge in [0.1, 0.15) is 5.75 Å². The number of nitro groups is 1. The van der Waals surface area contributed by atoms with Crippen LogP contribution in [0.25, 0.3) is 5.70 Å². The fraction of sp³-hybridized carbons (Fsp3) is 0.0833. The van der Waals surface area contributed by atoms with Gasteiger partial charge in [0.25, 0.3) is 17.5 Å². The summed E-state index contributed by atoms with van der Waals surface area (Å²) in [7, 11) is 0. The number of amides is 2. The van der Waals surface area contributed by atoms with Crippen LogP contribution in [0, 0.1) is 17.0 Å². The molecular formula is C24H22N4O5. The molecule has 0 atom stereocenters. The third-order valence-corrected chi connectivity index (χ3v) is 4.52. The molecule has 0 spiro atoms. The first-order valence-electron chi connectivity index (χ1n) is 9.91. The number of non-ortho nitro benzene ring substituents is 1. The maximum absolute atomic E-state index is 12.4. The van der Waals surface area contributed by atoms with Gasteiger partial charge in [0.05, 0.1) is 10.6 Å². The van der Waals surface area contributed by atoms with Gasteiger partial charge in [-0.2, -0.15) is 0 Å². The number of hydrogen-bond donors (Lipinski definition) is 3. The zero-order chi connectivity index (χ0) is 23.8. The maximum Gasteiger partial charge on any atom is 0.276 e. The van der Waals surface area contributed by atoms with E-state index in [0.717, 1.165) is 5.56 Å². The van der Waals surface area contributed by atoms with Crippen molar-refractivity contribution < 1.29 is 19.2 Å². The van der Waals surface area contributed by atoms with Crippen LogP contribution in [0.3, 0.4) is 0 Å². The molecule has 0 saturated carbocycles. The normalized spacial score (nSPS) is 10.1. The van der Waals surface area contributed by atoms with Crippen LogP contribution in [0.1, 0.15) is 21.5 Å². The van der Waals surface area contributed by atoms with Crippen LogP contribution >= 0.6 is 0 Å². The Hall–Kier alpha value is -4.66. The van der Waals surface area contributed by atoms with E-state index in [1.807, 2.05) is 19.1 Å². The molecule has 3 aromatic rings. The lowest BCUT2D eigenvalue weighted by Gasteiger charge is -2.13. The number of anilines is 1. The lowest BCUT2D eigenvalue weighted by Crippen LogP contribution is -2.38.